The van der Waals surface area contributed by atoms with Crippen molar-refractivity contribution < 1.29 is 26.6 Å². The number of thiocarbonyl (C=S) groups is 1. The van der Waals surface area contributed by atoms with Crippen LogP contribution in [-0.4, -0.2) is 23.5 Å². The molecule has 0 heterocycles. The minimum absolute atomic E-state index is 0. The molecule has 0 aliphatic heterocycles. The Morgan fingerprint density at radius 3 is 2.88 bits per heavy atom. The van der Waals surface area contributed by atoms with Crippen molar-refractivity contribution in [3.8, 4) is 11.5 Å². The fourth-order valence-electron chi connectivity index (χ4n) is 0.991. The number of rotatable bonds is 3. The zero-order valence-electron chi connectivity index (χ0n) is 8.48. The van der Waals surface area contributed by atoms with E-state index in [1.807, 2.05) is 0 Å². The van der Waals surface area contributed by atoms with Gasteiger partial charge in [-0.2, -0.15) is 5.10 Å². The Morgan fingerprint density at radius 2 is 2.31 bits per heavy atom. The zero-order chi connectivity index (χ0) is 11.3. The number of nitrogens with one attached hydrogen (secondary N) is 1. The van der Waals surface area contributed by atoms with Gasteiger partial charge in [0.05, 0.1) is 18.9 Å². The number of hydrogen-bond donors (Lipinski definition) is 2. The molecular formula is C9H12CoN3O2S+3. The molecule has 0 bridgehead atoms. The molecule has 0 aliphatic carbocycles. The molecule has 0 saturated carbocycles. The summed E-state index contributed by atoms with van der Waals surface area (Å²) in [5.41, 5.74) is 8.22. The van der Waals surface area contributed by atoms with Crippen molar-refractivity contribution in [1.82, 2.24) is 5.43 Å². The van der Waals surface area contributed by atoms with Gasteiger partial charge < -0.3 is 15.6 Å². The Kier molecular flexibility index (Phi) is 6.46. The maximum Gasteiger partial charge on any atom is 2.00 e. The number of hydrogen-bond acceptors (Lipinski definition) is 3. The summed E-state index contributed by atoms with van der Waals surface area (Å²) in [5, 5.41) is 11.6. The normalized spacial score (nSPS) is 9.56. The van der Waals surface area contributed by atoms with Crippen molar-refractivity contribution in [2.45, 2.75) is 0 Å². The smallest absolute Gasteiger partial charge is 0.590 e. The first-order valence-corrected chi connectivity index (χ1v) is 4.53. The number of nitrogens with zero attached hydrogens (tertiary/aromatic N) is 1. The predicted octanol–water partition coefficient (Wildman–Crippen LogP) is 0.298. The zero-order valence-corrected chi connectivity index (χ0v) is 10.3. The van der Waals surface area contributed by atoms with Gasteiger partial charge in [-0.05, 0) is 24.4 Å². The summed E-state index contributed by atoms with van der Waals surface area (Å²) in [6.45, 7) is 0. The Hall–Kier alpha value is -1.31. The predicted molar refractivity (Wildman–Crippen MR) is 63.6 cm³/mol. The maximum atomic E-state index is 7.72. The summed E-state index contributed by atoms with van der Waals surface area (Å²) in [4.78, 5) is 0. The summed E-state index contributed by atoms with van der Waals surface area (Å²) in [7, 11) is 1.52. The van der Waals surface area contributed by atoms with Gasteiger partial charge in [0.2, 0.25) is 5.75 Å². The van der Waals surface area contributed by atoms with E-state index in [1.54, 1.807) is 18.2 Å². The van der Waals surface area contributed by atoms with Crippen LogP contribution in [0.3, 0.4) is 0 Å². The van der Waals surface area contributed by atoms with E-state index in [-0.39, 0.29) is 27.6 Å². The van der Waals surface area contributed by atoms with Crippen molar-refractivity contribution in [3.05, 3.63) is 23.8 Å². The molecule has 1 radical (unpaired) electrons. The molecule has 0 amide bonds. The molecule has 0 aliphatic rings. The molecule has 1 aromatic carbocycles. The molecule has 1 aromatic rings. The quantitative estimate of drug-likeness (QED) is 0.362. The van der Waals surface area contributed by atoms with Crippen molar-refractivity contribution in [3.63, 3.8) is 0 Å². The minimum Gasteiger partial charge on any atom is -0.590 e. The Morgan fingerprint density at radius 1 is 1.62 bits per heavy atom. The fraction of sp³-hybridized carbons (Fsp3) is 0.111. The molecule has 0 aromatic heterocycles. The first-order valence-electron chi connectivity index (χ1n) is 4.12. The number of ether oxygens (including phenoxy) is 1. The molecule has 16 heavy (non-hydrogen) atoms. The van der Waals surface area contributed by atoms with E-state index in [9.17, 15) is 0 Å². The van der Waals surface area contributed by atoms with Gasteiger partial charge in [0.1, 0.15) is 0 Å². The molecule has 87 valence electrons. The molecule has 0 saturated heterocycles. The first kappa shape index (κ1) is 14.7. The third-order valence-electron chi connectivity index (χ3n) is 1.66. The van der Waals surface area contributed by atoms with E-state index >= 15 is 0 Å². The summed E-state index contributed by atoms with van der Waals surface area (Å²) >= 11 is 4.57. The Bertz CT molecular complexity index is 398. The van der Waals surface area contributed by atoms with Crippen LogP contribution in [0, 0.1) is 0 Å². The largest absolute Gasteiger partial charge is 2.00 e. The third kappa shape index (κ3) is 4.05. The average Bonchev–Trinajstić information content (AvgIpc) is 2.20. The van der Waals surface area contributed by atoms with Gasteiger partial charge in [-0.3, -0.25) is 5.43 Å². The summed E-state index contributed by atoms with van der Waals surface area (Å²) in [6.07, 6.45) is 1.46. The van der Waals surface area contributed by atoms with Crippen LogP contribution in [0.25, 0.3) is 0 Å². The van der Waals surface area contributed by atoms with E-state index < -0.39 is 0 Å². The number of para-hydroxylation sites is 1. The van der Waals surface area contributed by atoms with Crippen LogP contribution in [0.5, 0.6) is 11.5 Å². The molecular weight excluding hydrogens is 273 g/mol. The molecule has 0 atom stereocenters. The molecule has 7 heteroatoms. The third-order valence-corrected chi connectivity index (χ3v) is 1.75. The second-order valence-corrected chi connectivity index (χ2v) is 3.10. The summed E-state index contributed by atoms with van der Waals surface area (Å²) in [6, 6.07) is 5.23. The van der Waals surface area contributed by atoms with E-state index in [0.29, 0.717) is 11.3 Å². The topological polar surface area (TPSA) is 82.5 Å². The average molecular weight is 285 g/mol. The monoisotopic (exact) mass is 285 g/mol. The van der Waals surface area contributed by atoms with Gasteiger partial charge in [0.25, 0.3) is 0 Å². The van der Waals surface area contributed by atoms with Crippen molar-refractivity contribution in [1.29, 1.82) is 0 Å². The molecule has 5 N–H and O–H groups in total. The first-order chi connectivity index (χ1) is 7.15. The van der Waals surface area contributed by atoms with Crippen molar-refractivity contribution >= 4 is 23.5 Å². The number of benzene rings is 1. The van der Waals surface area contributed by atoms with Crippen LogP contribution in [0.2, 0.25) is 0 Å². The molecule has 0 spiro atoms. The molecule has 5 nitrogen and oxygen atoms in total. The van der Waals surface area contributed by atoms with Gasteiger partial charge in [-0.1, -0.05) is 6.07 Å². The van der Waals surface area contributed by atoms with Crippen molar-refractivity contribution in [2.75, 3.05) is 7.11 Å². The second kappa shape index (κ2) is 7.04. The van der Waals surface area contributed by atoms with E-state index in [4.69, 9.17) is 15.6 Å². The Balaban J connectivity index is 0.00000225. The van der Waals surface area contributed by atoms with Gasteiger partial charge in [0, 0.05) is 0 Å². The second-order valence-electron chi connectivity index (χ2n) is 2.66. The summed E-state index contributed by atoms with van der Waals surface area (Å²) in [5.74, 6) is 0.766. The Labute approximate surface area is 109 Å². The van der Waals surface area contributed by atoms with Gasteiger partial charge in [-0.15, -0.1) is 0 Å². The summed E-state index contributed by atoms with van der Waals surface area (Å²) < 4.78 is 4.99. The fourth-order valence-corrected chi connectivity index (χ4v) is 1.04. The van der Waals surface area contributed by atoms with E-state index in [2.05, 4.69) is 22.7 Å². The van der Waals surface area contributed by atoms with Crippen LogP contribution in [-0.2, 0) is 16.8 Å². The van der Waals surface area contributed by atoms with Gasteiger partial charge in [-0.25, -0.2) is 0 Å². The standard InChI is InChI=1S/C9H11N3O2S.Co/c1-14-7-4-2-3-6(8(7)13)5-11-12-9(10)15;/h2-5,13H,1H3,(H3,10,12,15);/q;+2/p+1. The molecule has 0 unspecified atom stereocenters. The maximum absolute atomic E-state index is 7.72. The van der Waals surface area contributed by atoms with E-state index in [1.165, 1.54) is 13.3 Å². The van der Waals surface area contributed by atoms with Crippen LogP contribution in [0.4, 0.5) is 0 Å². The van der Waals surface area contributed by atoms with Crippen LogP contribution < -0.4 is 15.9 Å². The number of methoxy groups -OCH3 is 1. The molecule has 1 rings (SSSR count). The SMILES string of the molecule is COc1cccc(C=NNC(N)=S)c1[OH2+].[Co+2]. The molecule has 0 fully saturated rings. The van der Waals surface area contributed by atoms with Gasteiger partial charge >= 0.3 is 22.5 Å². The van der Waals surface area contributed by atoms with Crippen LogP contribution >= 0.6 is 12.2 Å². The van der Waals surface area contributed by atoms with Crippen LogP contribution in [0.1, 0.15) is 5.56 Å². The van der Waals surface area contributed by atoms with E-state index in [0.717, 1.165) is 0 Å². The van der Waals surface area contributed by atoms with Crippen molar-refractivity contribution in [2.24, 2.45) is 10.8 Å². The van der Waals surface area contributed by atoms with Crippen LogP contribution in [0.15, 0.2) is 23.3 Å². The minimum atomic E-state index is 0. The van der Waals surface area contributed by atoms with Gasteiger partial charge in [0.15, 0.2) is 5.11 Å². The number of hydrazone groups is 1. The number of nitrogens with two attached hydrogens (primary N) is 1.